The maximum Gasteiger partial charge on any atom is 0.214 e. The molecule has 0 aliphatic carbocycles. The van der Waals surface area contributed by atoms with E-state index in [9.17, 15) is 0 Å². The van der Waals surface area contributed by atoms with Crippen molar-refractivity contribution in [1.29, 1.82) is 0 Å². The third kappa shape index (κ3) is 1.92. The molecule has 0 atom stereocenters. The van der Waals surface area contributed by atoms with Crippen molar-refractivity contribution >= 4 is 39.7 Å². The number of nitrogens with two attached hydrogens (primary N) is 1. The maximum atomic E-state index is 6.06. The molecule has 7 heteroatoms. The molecule has 0 aliphatic heterocycles. The molecule has 1 heterocycles. The lowest BCUT2D eigenvalue weighted by Gasteiger charge is -2.03. The van der Waals surface area contributed by atoms with E-state index in [1.807, 2.05) is 12.1 Å². The minimum absolute atomic E-state index is 0.351. The van der Waals surface area contributed by atoms with Crippen LogP contribution in [0.3, 0.4) is 0 Å². The van der Waals surface area contributed by atoms with Gasteiger partial charge in [0.05, 0.1) is 5.02 Å². The molecule has 4 nitrogen and oxygen atoms in total. The number of nitrogen functional groups attached to an aromatic ring is 1. The van der Waals surface area contributed by atoms with Crippen molar-refractivity contribution in [2.75, 3.05) is 5.84 Å². The van der Waals surface area contributed by atoms with Gasteiger partial charge in [-0.15, -0.1) is 0 Å². The zero-order valence-electron chi connectivity index (χ0n) is 7.37. The van der Waals surface area contributed by atoms with Crippen LogP contribution in [0.1, 0.15) is 0 Å². The Bertz CT molecular complexity index is 562. The van der Waals surface area contributed by atoms with Crippen LogP contribution in [0.4, 0.5) is 0 Å². The van der Waals surface area contributed by atoms with Crippen molar-refractivity contribution in [3.8, 4) is 11.4 Å². The van der Waals surface area contributed by atoms with Gasteiger partial charge in [-0.25, -0.2) is 9.77 Å². The van der Waals surface area contributed by atoms with Gasteiger partial charge >= 0.3 is 0 Å². The molecule has 1 aromatic carbocycles. The van der Waals surface area contributed by atoms with Crippen molar-refractivity contribution in [2.45, 2.75) is 0 Å². The Morgan fingerprint density at radius 3 is 2.80 bits per heavy atom. The first kappa shape index (κ1) is 10.7. The number of benzene rings is 1. The average Bonchev–Trinajstić information content (AvgIpc) is 2.49. The van der Waals surface area contributed by atoms with Crippen LogP contribution in [0, 0.1) is 4.77 Å². The number of aromatic nitrogens is 3. The van der Waals surface area contributed by atoms with E-state index in [0.717, 1.165) is 10.0 Å². The summed E-state index contributed by atoms with van der Waals surface area (Å²) in [7, 11) is 0. The van der Waals surface area contributed by atoms with Gasteiger partial charge in [-0.1, -0.05) is 27.5 Å². The summed E-state index contributed by atoms with van der Waals surface area (Å²) in [6, 6.07) is 5.45. The first-order chi connectivity index (χ1) is 7.09. The Kier molecular flexibility index (Phi) is 2.81. The monoisotopic (exact) mass is 304 g/mol. The van der Waals surface area contributed by atoms with Gasteiger partial charge < -0.3 is 5.84 Å². The van der Waals surface area contributed by atoms with Crippen LogP contribution in [0.2, 0.25) is 5.02 Å². The summed E-state index contributed by atoms with van der Waals surface area (Å²) in [5.41, 5.74) is 0.731. The van der Waals surface area contributed by atoms with Gasteiger partial charge in [-0.05, 0) is 30.4 Å². The highest BCUT2D eigenvalue weighted by Crippen LogP contribution is 2.28. The van der Waals surface area contributed by atoms with E-state index in [1.54, 1.807) is 6.07 Å². The molecule has 0 aliphatic rings. The molecule has 78 valence electrons. The van der Waals surface area contributed by atoms with Crippen LogP contribution < -0.4 is 5.84 Å². The normalized spacial score (nSPS) is 10.5. The third-order valence-corrected chi connectivity index (χ3v) is 2.97. The Morgan fingerprint density at radius 1 is 1.53 bits per heavy atom. The molecule has 0 bridgehead atoms. The van der Waals surface area contributed by atoms with E-state index < -0.39 is 0 Å². The first-order valence-corrected chi connectivity index (χ1v) is 5.55. The number of aromatic amines is 1. The average molecular weight is 306 g/mol. The summed E-state index contributed by atoms with van der Waals surface area (Å²) >= 11 is 14.3. The lowest BCUT2D eigenvalue weighted by molar-refractivity contribution is 0.984. The molecule has 0 saturated carbocycles. The predicted octanol–water partition coefficient (Wildman–Crippen LogP) is 2.74. The minimum Gasteiger partial charge on any atom is -0.335 e. The van der Waals surface area contributed by atoms with Crippen LogP contribution in [0.25, 0.3) is 11.4 Å². The maximum absolute atomic E-state index is 6.06. The molecule has 1 aromatic heterocycles. The second-order valence-electron chi connectivity index (χ2n) is 2.85. The molecular formula is C8H6BrClN4S. The van der Waals surface area contributed by atoms with Crippen LogP contribution in [0.5, 0.6) is 0 Å². The zero-order chi connectivity index (χ0) is 11.0. The molecule has 0 amide bonds. The highest BCUT2D eigenvalue weighted by Gasteiger charge is 2.10. The molecule has 2 aromatic rings. The van der Waals surface area contributed by atoms with Crippen molar-refractivity contribution in [3.05, 3.63) is 32.5 Å². The third-order valence-electron chi connectivity index (χ3n) is 1.88. The van der Waals surface area contributed by atoms with E-state index in [2.05, 4.69) is 26.1 Å². The molecule has 0 spiro atoms. The molecule has 2 rings (SSSR count). The standard InChI is InChI=1S/C8H6BrClN4S/c9-4-1-2-5(6(10)3-4)7-12-13-8(15)14(7)11/h1-3H,11H2,(H,13,15). The van der Waals surface area contributed by atoms with Gasteiger partial charge in [-0.3, -0.25) is 0 Å². The molecule has 0 unspecified atom stereocenters. The number of nitrogens with one attached hydrogen (secondary N) is 1. The van der Waals surface area contributed by atoms with Gasteiger partial charge in [0.15, 0.2) is 5.82 Å². The molecule has 0 radical (unpaired) electrons. The molecular weight excluding hydrogens is 300 g/mol. The Morgan fingerprint density at radius 2 is 2.27 bits per heavy atom. The molecule has 0 fully saturated rings. The number of hydrogen-bond donors (Lipinski definition) is 2. The van der Waals surface area contributed by atoms with Gasteiger partial charge in [0.2, 0.25) is 4.77 Å². The second kappa shape index (κ2) is 3.96. The number of halogens is 2. The summed E-state index contributed by atoms with van der Waals surface area (Å²) in [4.78, 5) is 0. The van der Waals surface area contributed by atoms with Crippen molar-refractivity contribution in [2.24, 2.45) is 0 Å². The van der Waals surface area contributed by atoms with Crippen LogP contribution in [-0.4, -0.2) is 14.9 Å². The summed E-state index contributed by atoms with van der Waals surface area (Å²) < 4.78 is 2.53. The van der Waals surface area contributed by atoms with E-state index in [1.165, 1.54) is 4.68 Å². The SMILES string of the molecule is Nn1c(-c2ccc(Br)cc2Cl)n[nH]c1=S. The zero-order valence-corrected chi connectivity index (χ0v) is 10.5. The van der Waals surface area contributed by atoms with Crippen LogP contribution in [0.15, 0.2) is 22.7 Å². The first-order valence-electron chi connectivity index (χ1n) is 3.97. The lowest BCUT2D eigenvalue weighted by Crippen LogP contribution is -2.10. The molecule has 0 saturated heterocycles. The Labute approximate surface area is 104 Å². The van der Waals surface area contributed by atoms with E-state index >= 15 is 0 Å². The number of H-pyrrole nitrogens is 1. The minimum atomic E-state index is 0.351. The largest absolute Gasteiger partial charge is 0.335 e. The van der Waals surface area contributed by atoms with Crippen molar-refractivity contribution in [3.63, 3.8) is 0 Å². The van der Waals surface area contributed by atoms with Crippen LogP contribution >= 0.6 is 39.7 Å². The highest BCUT2D eigenvalue weighted by molar-refractivity contribution is 9.10. The summed E-state index contributed by atoms with van der Waals surface area (Å²) in [5, 5.41) is 7.16. The number of nitrogens with zero attached hydrogens (tertiary/aromatic N) is 2. The van der Waals surface area contributed by atoms with Crippen molar-refractivity contribution in [1.82, 2.24) is 14.9 Å². The number of hydrogen-bond acceptors (Lipinski definition) is 3. The Balaban J connectivity index is 2.64. The van der Waals surface area contributed by atoms with E-state index in [-0.39, 0.29) is 0 Å². The summed E-state index contributed by atoms with van der Waals surface area (Å²) in [6.45, 7) is 0. The Hall–Kier alpha value is -0.850. The fourth-order valence-electron chi connectivity index (χ4n) is 1.17. The van der Waals surface area contributed by atoms with E-state index in [4.69, 9.17) is 29.7 Å². The van der Waals surface area contributed by atoms with Gasteiger partial charge in [0.25, 0.3) is 0 Å². The van der Waals surface area contributed by atoms with E-state index in [0.29, 0.717) is 15.6 Å². The van der Waals surface area contributed by atoms with Gasteiger partial charge in [0, 0.05) is 10.0 Å². The topological polar surface area (TPSA) is 59.6 Å². The highest BCUT2D eigenvalue weighted by atomic mass is 79.9. The fraction of sp³-hybridized carbons (Fsp3) is 0. The van der Waals surface area contributed by atoms with Crippen molar-refractivity contribution < 1.29 is 0 Å². The number of rotatable bonds is 1. The summed E-state index contributed by atoms with van der Waals surface area (Å²) in [6.07, 6.45) is 0. The van der Waals surface area contributed by atoms with Gasteiger partial charge in [0.1, 0.15) is 0 Å². The second-order valence-corrected chi connectivity index (χ2v) is 4.56. The smallest absolute Gasteiger partial charge is 0.214 e. The molecule has 15 heavy (non-hydrogen) atoms. The molecule has 3 N–H and O–H groups in total. The van der Waals surface area contributed by atoms with Gasteiger partial charge in [-0.2, -0.15) is 5.10 Å². The van der Waals surface area contributed by atoms with Crippen LogP contribution in [-0.2, 0) is 0 Å². The quantitative estimate of drug-likeness (QED) is 0.629. The fourth-order valence-corrected chi connectivity index (χ4v) is 2.06. The lowest BCUT2D eigenvalue weighted by atomic mass is 10.2. The predicted molar refractivity (Wildman–Crippen MR) is 65.7 cm³/mol. The summed E-state index contributed by atoms with van der Waals surface area (Å²) in [5.74, 6) is 6.20.